The van der Waals surface area contributed by atoms with Crippen molar-refractivity contribution in [2.24, 2.45) is 7.05 Å². The van der Waals surface area contributed by atoms with Gasteiger partial charge in [-0.25, -0.2) is 4.79 Å². The van der Waals surface area contributed by atoms with Crippen molar-refractivity contribution in [1.29, 1.82) is 0 Å². The van der Waals surface area contributed by atoms with Gasteiger partial charge in [-0.15, -0.1) is 0 Å². The molecule has 5 rings (SSSR count). The van der Waals surface area contributed by atoms with Crippen LogP contribution >= 0.6 is 0 Å². The lowest BCUT2D eigenvalue weighted by molar-refractivity contribution is -0.139. The van der Waals surface area contributed by atoms with Crippen molar-refractivity contribution < 1.29 is 14.4 Å². The molecule has 0 amide bonds. The Labute approximate surface area is 183 Å². The summed E-state index contributed by atoms with van der Waals surface area (Å²) in [5, 5.41) is 18.5. The first-order valence-corrected chi connectivity index (χ1v) is 10.1. The minimum absolute atomic E-state index is 0.678. The second-order valence-corrected chi connectivity index (χ2v) is 7.80. The van der Waals surface area contributed by atoms with Crippen LogP contribution in [0.2, 0.25) is 0 Å². The fourth-order valence-electron chi connectivity index (χ4n) is 4.20. The number of pyridine rings is 1. The Hall–Kier alpha value is -4.20. The molecule has 1 unspecified atom stereocenters. The molecular formula is C24H21N5O3. The first kappa shape index (κ1) is 19.7. The fraction of sp³-hybridized carbons (Fsp3) is 0.167. The topological polar surface area (TPSA) is 99.0 Å². The van der Waals surface area contributed by atoms with Crippen LogP contribution in [0.25, 0.3) is 33.3 Å². The van der Waals surface area contributed by atoms with E-state index in [-0.39, 0.29) is 0 Å². The van der Waals surface area contributed by atoms with E-state index < -0.39 is 12.0 Å². The first-order valence-electron chi connectivity index (χ1n) is 10.1. The zero-order valence-electron chi connectivity index (χ0n) is 17.9. The number of aromatic nitrogens is 5. The second kappa shape index (κ2) is 7.49. The number of aryl methyl sites for hydroxylation is 3. The summed E-state index contributed by atoms with van der Waals surface area (Å²) in [5.74, 6) is -0.263. The summed E-state index contributed by atoms with van der Waals surface area (Å²) in [5.41, 5.74) is 6.22. The number of rotatable bonds is 5. The summed E-state index contributed by atoms with van der Waals surface area (Å²) >= 11 is 0. The number of benzene rings is 1. The van der Waals surface area contributed by atoms with Gasteiger partial charge < -0.3 is 14.2 Å². The SMILES string of the molecule is Cc1noc(C)c1-c1cnc2c(-c3cnn(C)c3)cn(C(C(=O)O)c3ccccc3)c2c1. The normalized spacial score (nSPS) is 12.3. The van der Waals surface area contributed by atoms with Gasteiger partial charge in [-0.2, -0.15) is 5.10 Å². The Morgan fingerprint density at radius 1 is 1.09 bits per heavy atom. The predicted octanol–water partition coefficient (Wildman–Crippen LogP) is 4.38. The third kappa shape index (κ3) is 3.17. The van der Waals surface area contributed by atoms with Gasteiger partial charge in [-0.05, 0) is 25.5 Å². The number of aliphatic carboxylic acids is 1. The molecule has 0 radical (unpaired) electrons. The molecule has 1 atom stereocenters. The highest BCUT2D eigenvalue weighted by atomic mass is 16.5. The third-order valence-electron chi connectivity index (χ3n) is 5.63. The molecule has 8 nitrogen and oxygen atoms in total. The molecule has 4 heterocycles. The second-order valence-electron chi connectivity index (χ2n) is 7.80. The summed E-state index contributed by atoms with van der Waals surface area (Å²) in [6, 6.07) is 10.2. The molecule has 0 fully saturated rings. The summed E-state index contributed by atoms with van der Waals surface area (Å²) in [7, 11) is 1.84. The molecule has 32 heavy (non-hydrogen) atoms. The molecule has 8 heteroatoms. The number of carboxylic acids is 1. The third-order valence-corrected chi connectivity index (χ3v) is 5.63. The van der Waals surface area contributed by atoms with E-state index in [1.165, 1.54) is 0 Å². The van der Waals surface area contributed by atoms with Crippen LogP contribution in [-0.2, 0) is 11.8 Å². The van der Waals surface area contributed by atoms with Gasteiger partial charge in [-0.1, -0.05) is 35.5 Å². The van der Waals surface area contributed by atoms with Crippen molar-refractivity contribution in [3.05, 3.63) is 78.2 Å². The Bertz CT molecular complexity index is 1430. The summed E-state index contributed by atoms with van der Waals surface area (Å²) < 4.78 is 8.81. The van der Waals surface area contributed by atoms with Crippen LogP contribution in [0, 0.1) is 13.8 Å². The van der Waals surface area contributed by atoms with E-state index in [4.69, 9.17) is 9.51 Å². The molecule has 0 aliphatic rings. The zero-order valence-corrected chi connectivity index (χ0v) is 17.9. The Kier molecular flexibility index (Phi) is 4.62. The zero-order chi connectivity index (χ0) is 22.4. The number of hydrogen-bond donors (Lipinski definition) is 1. The Morgan fingerprint density at radius 2 is 1.88 bits per heavy atom. The number of fused-ring (bicyclic) bond motifs is 1. The largest absolute Gasteiger partial charge is 0.479 e. The molecule has 0 aliphatic carbocycles. The molecule has 5 aromatic rings. The van der Waals surface area contributed by atoms with Crippen molar-refractivity contribution in [2.75, 3.05) is 0 Å². The molecule has 1 aromatic carbocycles. The first-order chi connectivity index (χ1) is 15.4. The van der Waals surface area contributed by atoms with E-state index in [0.29, 0.717) is 22.4 Å². The lowest BCUT2D eigenvalue weighted by atomic mass is 10.0. The van der Waals surface area contributed by atoms with Gasteiger partial charge in [-0.3, -0.25) is 9.67 Å². The molecule has 0 aliphatic heterocycles. The molecule has 4 aromatic heterocycles. The highest BCUT2D eigenvalue weighted by Gasteiger charge is 2.26. The standard InChI is InChI=1S/C24H21N5O3/c1-14-21(15(2)32-27-14)17-9-20-22(25-10-17)19(18-11-26-28(3)12-18)13-29(20)23(24(30)31)16-7-5-4-6-8-16/h4-13,23H,1-3H3,(H,30,31). The highest BCUT2D eigenvalue weighted by Crippen LogP contribution is 2.36. The van der Waals surface area contributed by atoms with Crippen LogP contribution in [0.5, 0.6) is 0 Å². The molecule has 0 bridgehead atoms. The van der Waals surface area contributed by atoms with Crippen LogP contribution in [0.3, 0.4) is 0 Å². The van der Waals surface area contributed by atoms with Gasteiger partial charge in [0.25, 0.3) is 0 Å². The maximum absolute atomic E-state index is 12.4. The van der Waals surface area contributed by atoms with Crippen LogP contribution in [0.4, 0.5) is 0 Å². The van der Waals surface area contributed by atoms with Crippen molar-refractivity contribution in [1.82, 2.24) is 24.5 Å². The molecule has 0 saturated heterocycles. The quantitative estimate of drug-likeness (QED) is 0.447. The average molecular weight is 427 g/mol. The smallest absolute Gasteiger partial charge is 0.331 e. The highest BCUT2D eigenvalue weighted by molar-refractivity contribution is 5.96. The molecular weight excluding hydrogens is 406 g/mol. The van der Waals surface area contributed by atoms with Crippen LogP contribution in [0.1, 0.15) is 23.1 Å². The molecule has 1 N–H and O–H groups in total. The predicted molar refractivity (Wildman–Crippen MR) is 119 cm³/mol. The van der Waals surface area contributed by atoms with Crippen LogP contribution < -0.4 is 0 Å². The van der Waals surface area contributed by atoms with Crippen LogP contribution in [0.15, 0.2) is 65.7 Å². The van der Waals surface area contributed by atoms with E-state index in [9.17, 15) is 9.90 Å². The number of carboxylic acid groups (broad SMARTS) is 1. The van der Waals surface area contributed by atoms with E-state index in [1.54, 1.807) is 21.6 Å². The van der Waals surface area contributed by atoms with Crippen molar-refractivity contribution in [2.45, 2.75) is 19.9 Å². The Balaban J connectivity index is 1.80. The maximum atomic E-state index is 12.4. The van der Waals surface area contributed by atoms with Gasteiger partial charge >= 0.3 is 5.97 Å². The molecule has 0 saturated carbocycles. The average Bonchev–Trinajstić information content (AvgIpc) is 3.46. The van der Waals surface area contributed by atoms with E-state index in [2.05, 4.69) is 10.3 Å². The summed E-state index contributed by atoms with van der Waals surface area (Å²) in [6.07, 6.45) is 7.26. The molecule has 160 valence electrons. The minimum atomic E-state index is -0.950. The minimum Gasteiger partial charge on any atom is -0.479 e. The van der Waals surface area contributed by atoms with Gasteiger partial charge in [0.2, 0.25) is 0 Å². The molecule has 0 spiro atoms. The number of carbonyl (C=O) groups is 1. The van der Waals surface area contributed by atoms with E-state index >= 15 is 0 Å². The van der Waals surface area contributed by atoms with Gasteiger partial charge in [0, 0.05) is 47.9 Å². The number of hydrogen-bond acceptors (Lipinski definition) is 5. The summed E-state index contributed by atoms with van der Waals surface area (Å²) in [6.45, 7) is 3.73. The van der Waals surface area contributed by atoms with E-state index in [1.807, 2.05) is 69.7 Å². The Morgan fingerprint density at radius 3 is 2.50 bits per heavy atom. The van der Waals surface area contributed by atoms with Gasteiger partial charge in [0.05, 0.1) is 22.9 Å². The fourth-order valence-corrected chi connectivity index (χ4v) is 4.20. The van der Waals surface area contributed by atoms with Gasteiger partial charge in [0.1, 0.15) is 5.76 Å². The summed E-state index contributed by atoms with van der Waals surface area (Å²) in [4.78, 5) is 17.2. The maximum Gasteiger partial charge on any atom is 0.331 e. The van der Waals surface area contributed by atoms with Gasteiger partial charge in [0.15, 0.2) is 6.04 Å². The monoisotopic (exact) mass is 427 g/mol. The lowest BCUT2D eigenvalue weighted by Gasteiger charge is -2.16. The van der Waals surface area contributed by atoms with Crippen LogP contribution in [-0.4, -0.2) is 35.6 Å². The van der Waals surface area contributed by atoms with Crippen molar-refractivity contribution >= 4 is 17.0 Å². The van der Waals surface area contributed by atoms with E-state index in [0.717, 1.165) is 27.9 Å². The lowest BCUT2D eigenvalue weighted by Crippen LogP contribution is -2.19. The number of nitrogens with zero attached hydrogens (tertiary/aromatic N) is 5. The van der Waals surface area contributed by atoms with Crippen molar-refractivity contribution in [3.8, 4) is 22.3 Å². The van der Waals surface area contributed by atoms with Crippen molar-refractivity contribution in [3.63, 3.8) is 0 Å².